The monoisotopic (exact) mass is 353 g/mol. The molecule has 2 unspecified atom stereocenters. The van der Waals surface area contributed by atoms with Crippen molar-refractivity contribution in [2.45, 2.75) is 18.6 Å². The van der Waals surface area contributed by atoms with Gasteiger partial charge in [0.05, 0.1) is 6.61 Å². The lowest BCUT2D eigenvalue weighted by Crippen LogP contribution is -2.26. The van der Waals surface area contributed by atoms with Gasteiger partial charge in [-0.25, -0.2) is 0 Å². The van der Waals surface area contributed by atoms with Gasteiger partial charge in [0.15, 0.2) is 17.6 Å². The topological polar surface area (TPSA) is 104 Å². The molecule has 0 saturated heterocycles. The van der Waals surface area contributed by atoms with Gasteiger partial charge in [0.1, 0.15) is 6.61 Å². The molecular weight excluding hydrogens is 334 g/mol. The molecule has 0 fully saturated rings. The van der Waals surface area contributed by atoms with Crippen molar-refractivity contribution in [3.8, 4) is 22.9 Å². The summed E-state index contributed by atoms with van der Waals surface area (Å²) in [5, 5.41) is 13.0. The summed E-state index contributed by atoms with van der Waals surface area (Å²) in [5.41, 5.74) is 7.49. The Balaban J connectivity index is 1.54. The van der Waals surface area contributed by atoms with Crippen LogP contribution in [0.2, 0.25) is 0 Å². The van der Waals surface area contributed by atoms with Crippen LogP contribution in [0.15, 0.2) is 53.1 Å². The fraction of sp³-hybridized carbons (Fsp3) is 0.263. The third-order valence-corrected chi connectivity index (χ3v) is 4.16. The van der Waals surface area contributed by atoms with Gasteiger partial charge < -0.3 is 24.8 Å². The highest BCUT2D eigenvalue weighted by molar-refractivity contribution is 5.56. The predicted molar refractivity (Wildman–Crippen MR) is 93.8 cm³/mol. The predicted octanol–water partition coefficient (Wildman–Crippen LogP) is 2.11. The van der Waals surface area contributed by atoms with E-state index in [4.69, 9.17) is 24.8 Å². The highest BCUT2D eigenvalue weighted by Gasteiger charge is 2.23. The summed E-state index contributed by atoms with van der Waals surface area (Å²) in [5.74, 6) is 2.36. The number of hydrogen-bond donors (Lipinski definition) is 2. The average Bonchev–Trinajstić information content (AvgIpc) is 3.16. The zero-order valence-corrected chi connectivity index (χ0v) is 14.0. The van der Waals surface area contributed by atoms with E-state index in [0.29, 0.717) is 24.7 Å². The minimum absolute atomic E-state index is 0.131. The van der Waals surface area contributed by atoms with E-state index in [1.165, 1.54) is 0 Å². The third-order valence-electron chi connectivity index (χ3n) is 4.16. The van der Waals surface area contributed by atoms with Crippen molar-refractivity contribution in [1.82, 2.24) is 10.1 Å². The van der Waals surface area contributed by atoms with Crippen molar-refractivity contribution in [1.29, 1.82) is 0 Å². The number of para-hydroxylation sites is 2. The summed E-state index contributed by atoms with van der Waals surface area (Å²) in [6.45, 7) is 0.303. The van der Waals surface area contributed by atoms with Crippen LogP contribution in [0.3, 0.4) is 0 Å². The summed E-state index contributed by atoms with van der Waals surface area (Å²) < 4.78 is 17.0. The molecule has 0 saturated carbocycles. The van der Waals surface area contributed by atoms with Crippen LogP contribution in [0, 0.1) is 0 Å². The van der Waals surface area contributed by atoms with E-state index in [2.05, 4.69) is 10.1 Å². The number of benzene rings is 2. The molecule has 1 aromatic heterocycles. The Hall–Kier alpha value is -2.90. The van der Waals surface area contributed by atoms with Gasteiger partial charge in [-0.3, -0.25) is 0 Å². The number of ether oxygens (including phenoxy) is 2. The van der Waals surface area contributed by atoms with Crippen LogP contribution in [0.5, 0.6) is 11.5 Å². The van der Waals surface area contributed by atoms with Gasteiger partial charge in [0, 0.05) is 18.0 Å². The number of aliphatic hydroxyl groups is 1. The maximum Gasteiger partial charge on any atom is 0.228 e. The number of aromatic nitrogens is 2. The van der Waals surface area contributed by atoms with E-state index in [0.717, 1.165) is 22.6 Å². The van der Waals surface area contributed by atoms with Crippen molar-refractivity contribution in [3.05, 3.63) is 60.0 Å². The molecule has 134 valence electrons. The van der Waals surface area contributed by atoms with Crippen molar-refractivity contribution >= 4 is 0 Å². The Morgan fingerprint density at radius 1 is 1.15 bits per heavy atom. The average molecular weight is 353 g/mol. The molecule has 1 aliphatic heterocycles. The van der Waals surface area contributed by atoms with E-state index in [-0.39, 0.29) is 12.7 Å². The van der Waals surface area contributed by atoms with Crippen LogP contribution >= 0.6 is 0 Å². The molecule has 3 aromatic rings. The van der Waals surface area contributed by atoms with E-state index in [1.54, 1.807) is 0 Å². The molecule has 2 atom stereocenters. The van der Waals surface area contributed by atoms with E-state index < -0.39 is 6.04 Å². The van der Waals surface area contributed by atoms with Gasteiger partial charge in [0.25, 0.3) is 0 Å². The molecule has 0 aliphatic carbocycles. The lowest BCUT2D eigenvalue weighted by Gasteiger charge is -2.26. The second kappa shape index (κ2) is 7.15. The summed E-state index contributed by atoms with van der Waals surface area (Å²) in [7, 11) is 0. The van der Waals surface area contributed by atoms with Gasteiger partial charge in [0.2, 0.25) is 11.7 Å². The maximum absolute atomic E-state index is 9.03. The number of nitrogens with zero attached hydrogens (tertiary/aromatic N) is 2. The summed E-state index contributed by atoms with van der Waals surface area (Å²) >= 11 is 0. The molecule has 0 radical (unpaired) electrons. The van der Waals surface area contributed by atoms with Crippen LogP contribution in [-0.2, 0) is 6.42 Å². The molecule has 2 aromatic carbocycles. The molecule has 3 N–H and O–H groups in total. The summed E-state index contributed by atoms with van der Waals surface area (Å²) in [6, 6.07) is 15.0. The van der Waals surface area contributed by atoms with Crippen LogP contribution < -0.4 is 15.2 Å². The molecule has 1 aliphatic rings. The molecule has 0 amide bonds. The lowest BCUT2D eigenvalue weighted by molar-refractivity contribution is 0.0913. The maximum atomic E-state index is 9.03. The van der Waals surface area contributed by atoms with Gasteiger partial charge in [-0.15, -0.1) is 0 Å². The molecule has 7 heteroatoms. The first-order chi connectivity index (χ1) is 12.7. The smallest absolute Gasteiger partial charge is 0.228 e. The standard InChI is InChI=1S/C19H19N3O4/c20-14(10-23)9-18-21-19(22-26-18)13-5-3-4-12(8-13)17-11-24-15-6-1-2-7-16(15)25-17/h1-8,14,17,23H,9-11,20H2. The lowest BCUT2D eigenvalue weighted by atomic mass is 10.1. The van der Waals surface area contributed by atoms with Gasteiger partial charge in [-0.1, -0.05) is 35.5 Å². The fourth-order valence-corrected chi connectivity index (χ4v) is 2.81. The minimum Gasteiger partial charge on any atom is -0.485 e. The number of nitrogens with two attached hydrogens (primary N) is 1. The van der Waals surface area contributed by atoms with Crippen LogP contribution in [0.25, 0.3) is 11.4 Å². The van der Waals surface area contributed by atoms with E-state index in [9.17, 15) is 0 Å². The van der Waals surface area contributed by atoms with Crippen molar-refractivity contribution in [3.63, 3.8) is 0 Å². The van der Waals surface area contributed by atoms with Crippen molar-refractivity contribution in [2.24, 2.45) is 5.73 Å². The quantitative estimate of drug-likeness (QED) is 0.724. The largest absolute Gasteiger partial charge is 0.485 e. The molecule has 0 bridgehead atoms. The zero-order valence-electron chi connectivity index (χ0n) is 14.0. The van der Waals surface area contributed by atoms with E-state index >= 15 is 0 Å². The Morgan fingerprint density at radius 3 is 2.85 bits per heavy atom. The van der Waals surface area contributed by atoms with Crippen LogP contribution in [-0.4, -0.2) is 34.5 Å². The number of fused-ring (bicyclic) bond motifs is 1. The second-order valence-electron chi connectivity index (χ2n) is 6.15. The normalized spacial score (nSPS) is 17.1. The minimum atomic E-state index is -0.414. The van der Waals surface area contributed by atoms with Crippen molar-refractivity contribution in [2.75, 3.05) is 13.2 Å². The fourth-order valence-electron chi connectivity index (χ4n) is 2.81. The molecule has 2 heterocycles. The van der Waals surface area contributed by atoms with Crippen molar-refractivity contribution < 1.29 is 19.1 Å². The first-order valence-corrected chi connectivity index (χ1v) is 8.41. The van der Waals surface area contributed by atoms with E-state index in [1.807, 2.05) is 48.5 Å². The molecule has 26 heavy (non-hydrogen) atoms. The van der Waals surface area contributed by atoms with Gasteiger partial charge in [-0.2, -0.15) is 4.98 Å². The Morgan fingerprint density at radius 2 is 2.00 bits per heavy atom. The highest BCUT2D eigenvalue weighted by Crippen LogP contribution is 2.36. The molecule has 4 rings (SSSR count). The van der Waals surface area contributed by atoms with Crippen LogP contribution in [0.4, 0.5) is 0 Å². The highest BCUT2D eigenvalue weighted by atomic mass is 16.6. The Kier molecular flexibility index (Phi) is 4.55. The SMILES string of the molecule is NC(CO)Cc1nc(-c2cccc(C3COc4ccccc4O3)c2)no1. The molecule has 0 spiro atoms. The first-order valence-electron chi connectivity index (χ1n) is 8.41. The molecule has 7 nitrogen and oxygen atoms in total. The van der Waals surface area contributed by atoms with Gasteiger partial charge >= 0.3 is 0 Å². The third kappa shape index (κ3) is 3.40. The molecular formula is C19H19N3O4. The first kappa shape index (κ1) is 16.6. The Labute approximate surface area is 150 Å². The van der Waals surface area contributed by atoms with Gasteiger partial charge in [-0.05, 0) is 23.8 Å². The Bertz CT molecular complexity index is 896. The summed E-state index contributed by atoms with van der Waals surface area (Å²) in [6.07, 6.45) is 0.124. The second-order valence-corrected chi connectivity index (χ2v) is 6.15. The van der Waals surface area contributed by atoms with Crippen LogP contribution in [0.1, 0.15) is 17.6 Å². The number of hydrogen-bond acceptors (Lipinski definition) is 7. The number of rotatable bonds is 5. The number of aliphatic hydroxyl groups excluding tert-OH is 1. The zero-order chi connectivity index (χ0) is 17.9. The summed E-state index contributed by atoms with van der Waals surface area (Å²) in [4.78, 5) is 4.35.